The molecule has 1 aromatic heterocycles. The zero-order chi connectivity index (χ0) is 16.5. The van der Waals surface area contributed by atoms with E-state index in [2.05, 4.69) is 53.5 Å². The van der Waals surface area contributed by atoms with Gasteiger partial charge in [0.15, 0.2) is 0 Å². The van der Waals surface area contributed by atoms with Crippen LogP contribution < -0.4 is 9.47 Å². The van der Waals surface area contributed by atoms with Gasteiger partial charge in [0.2, 0.25) is 5.88 Å². The first kappa shape index (κ1) is 14.5. The fraction of sp³-hybridized carbons (Fsp3) is 0.0952. The lowest BCUT2D eigenvalue weighted by Crippen LogP contribution is -1.94. The summed E-state index contributed by atoms with van der Waals surface area (Å²) < 4.78 is 10.8. The smallest absolute Gasteiger partial charge is 0.217 e. The monoisotopic (exact) mass is 315 g/mol. The summed E-state index contributed by atoms with van der Waals surface area (Å²) in [5, 5.41) is 3.41. The zero-order valence-electron chi connectivity index (χ0n) is 13.6. The van der Waals surface area contributed by atoms with Crippen LogP contribution in [-0.2, 0) is 0 Å². The summed E-state index contributed by atoms with van der Waals surface area (Å²) in [5.41, 5.74) is 3.07. The van der Waals surface area contributed by atoms with Gasteiger partial charge in [-0.3, -0.25) is 0 Å². The summed E-state index contributed by atoms with van der Waals surface area (Å²) in [6.07, 6.45) is 0. The molecule has 0 atom stereocenters. The van der Waals surface area contributed by atoms with Crippen LogP contribution in [0.1, 0.15) is 0 Å². The van der Waals surface area contributed by atoms with Gasteiger partial charge in [0.25, 0.3) is 0 Å². The van der Waals surface area contributed by atoms with Crippen molar-refractivity contribution in [2.24, 2.45) is 0 Å². The SMILES string of the molecule is COc1cc(OC)c2cccc(-c3ccc4ccccc4c3)c2n1. The molecular formula is C21H17NO2. The van der Waals surface area contributed by atoms with Crippen molar-refractivity contribution < 1.29 is 9.47 Å². The highest BCUT2D eigenvalue weighted by Gasteiger charge is 2.12. The average molecular weight is 315 g/mol. The second-order valence-electron chi connectivity index (χ2n) is 5.63. The number of methoxy groups -OCH3 is 2. The summed E-state index contributed by atoms with van der Waals surface area (Å²) in [6, 6.07) is 22.8. The summed E-state index contributed by atoms with van der Waals surface area (Å²) in [4.78, 5) is 4.66. The zero-order valence-corrected chi connectivity index (χ0v) is 13.6. The molecule has 0 spiro atoms. The van der Waals surface area contributed by atoms with E-state index in [1.54, 1.807) is 14.2 Å². The van der Waals surface area contributed by atoms with Crippen LogP contribution >= 0.6 is 0 Å². The highest BCUT2D eigenvalue weighted by atomic mass is 16.5. The molecule has 0 aliphatic heterocycles. The van der Waals surface area contributed by atoms with Gasteiger partial charge in [-0.15, -0.1) is 0 Å². The Morgan fingerprint density at radius 1 is 0.750 bits per heavy atom. The maximum absolute atomic E-state index is 5.51. The Kier molecular flexibility index (Phi) is 3.54. The molecule has 118 valence electrons. The van der Waals surface area contributed by atoms with Gasteiger partial charge < -0.3 is 9.47 Å². The van der Waals surface area contributed by atoms with E-state index in [-0.39, 0.29) is 0 Å². The van der Waals surface area contributed by atoms with E-state index in [0.717, 1.165) is 27.8 Å². The van der Waals surface area contributed by atoms with Crippen molar-refractivity contribution in [3.05, 3.63) is 66.7 Å². The number of rotatable bonds is 3. The Hall–Kier alpha value is -3.07. The first-order valence-electron chi connectivity index (χ1n) is 7.81. The Balaban J connectivity index is 2.01. The van der Waals surface area contributed by atoms with Gasteiger partial charge in [-0.25, -0.2) is 4.98 Å². The van der Waals surface area contributed by atoms with E-state index in [0.29, 0.717) is 5.88 Å². The minimum atomic E-state index is 0.549. The van der Waals surface area contributed by atoms with Crippen LogP contribution in [0.25, 0.3) is 32.8 Å². The standard InChI is InChI=1S/C21H17NO2/c1-23-19-13-20(24-2)22-21-17(8-5-9-18(19)21)16-11-10-14-6-3-4-7-15(14)12-16/h3-13H,1-2H3. The molecular weight excluding hydrogens is 298 g/mol. The van der Waals surface area contributed by atoms with Crippen molar-refractivity contribution in [3.63, 3.8) is 0 Å². The van der Waals surface area contributed by atoms with E-state index >= 15 is 0 Å². The second-order valence-corrected chi connectivity index (χ2v) is 5.63. The molecule has 0 aliphatic rings. The molecule has 0 saturated heterocycles. The lowest BCUT2D eigenvalue weighted by Gasteiger charge is -2.12. The molecule has 3 heteroatoms. The number of hydrogen-bond donors (Lipinski definition) is 0. The summed E-state index contributed by atoms with van der Waals surface area (Å²) in [6.45, 7) is 0. The van der Waals surface area contributed by atoms with Crippen molar-refractivity contribution >= 4 is 21.7 Å². The molecule has 0 radical (unpaired) electrons. The number of aromatic nitrogens is 1. The summed E-state index contributed by atoms with van der Waals surface area (Å²) in [7, 11) is 3.28. The third-order valence-electron chi connectivity index (χ3n) is 4.27. The van der Waals surface area contributed by atoms with Crippen molar-refractivity contribution in [1.29, 1.82) is 0 Å². The molecule has 4 aromatic rings. The number of nitrogens with zero attached hydrogens (tertiary/aromatic N) is 1. The molecule has 4 rings (SSSR count). The van der Waals surface area contributed by atoms with Crippen LogP contribution in [0.3, 0.4) is 0 Å². The molecule has 0 saturated carbocycles. The molecule has 0 aliphatic carbocycles. The average Bonchev–Trinajstić information content (AvgIpc) is 2.66. The second kappa shape index (κ2) is 5.85. The van der Waals surface area contributed by atoms with E-state index in [1.165, 1.54) is 10.8 Å². The summed E-state index contributed by atoms with van der Waals surface area (Å²) in [5.74, 6) is 1.31. The molecule has 0 fully saturated rings. The molecule has 3 aromatic carbocycles. The lowest BCUT2D eigenvalue weighted by molar-refractivity contribution is 0.386. The molecule has 1 heterocycles. The van der Waals surface area contributed by atoms with Crippen molar-refractivity contribution in [1.82, 2.24) is 4.98 Å². The Morgan fingerprint density at radius 3 is 2.38 bits per heavy atom. The number of benzene rings is 3. The van der Waals surface area contributed by atoms with E-state index in [4.69, 9.17) is 9.47 Å². The molecule has 24 heavy (non-hydrogen) atoms. The van der Waals surface area contributed by atoms with Crippen LogP contribution in [-0.4, -0.2) is 19.2 Å². The van der Waals surface area contributed by atoms with Gasteiger partial charge in [-0.05, 0) is 28.5 Å². The fourth-order valence-corrected chi connectivity index (χ4v) is 3.06. The maximum atomic E-state index is 5.51. The fourth-order valence-electron chi connectivity index (χ4n) is 3.06. The van der Waals surface area contributed by atoms with E-state index < -0.39 is 0 Å². The minimum Gasteiger partial charge on any atom is -0.496 e. The topological polar surface area (TPSA) is 31.4 Å². The van der Waals surface area contributed by atoms with Crippen LogP contribution in [0.15, 0.2) is 66.7 Å². The molecule has 0 bridgehead atoms. The number of ether oxygens (including phenoxy) is 2. The Labute approximate surface area is 140 Å². The predicted molar refractivity (Wildman–Crippen MR) is 97.8 cm³/mol. The third-order valence-corrected chi connectivity index (χ3v) is 4.27. The van der Waals surface area contributed by atoms with E-state index in [9.17, 15) is 0 Å². The van der Waals surface area contributed by atoms with Crippen molar-refractivity contribution in [2.45, 2.75) is 0 Å². The number of para-hydroxylation sites is 1. The normalized spacial score (nSPS) is 10.9. The molecule has 0 amide bonds. The third kappa shape index (κ3) is 2.35. The van der Waals surface area contributed by atoms with Gasteiger partial charge in [0.1, 0.15) is 5.75 Å². The molecule has 0 N–H and O–H groups in total. The number of hydrogen-bond acceptors (Lipinski definition) is 3. The quantitative estimate of drug-likeness (QED) is 0.529. The first-order valence-corrected chi connectivity index (χ1v) is 7.81. The Bertz CT molecular complexity index is 1040. The summed E-state index contributed by atoms with van der Waals surface area (Å²) >= 11 is 0. The molecule has 3 nitrogen and oxygen atoms in total. The van der Waals surface area contributed by atoms with Crippen LogP contribution in [0.5, 0.6) is 11.6 Å². The van der Waals surface area contributed by atoms with Gasteiger partial charge >= 0.3 is 0 Å². The highest BCUT2D eigenvalue weighted by molar-refractivity contribution is 5.99. The maximum Gasteiger partial charge on any atom is 0.217 e. The first-order chi connectivity index (χ1) is 11.8. The van der Waals surface area contributed by atoms with Crippen LogP contribution in [0.2, 0.25) is 0 Å². The minimum absolute atomic E-state index is 0.549. The van der Waals surface area contributed by atoms with Crippen molar-refractivity contribution in [3.8, 4) is 22.8 Å². The number of fused-ring (bicyclic) bond motifs is 2. The van der Waals surface area contributed by atoms with Crippen LogP contribution in [0, 0.1) is 0 Å². The Morgan fingerprint density at radius 2 is 1.58 bits per heavy atom. The van der Waals surface area contributed by atoms with E-state index in [1.807, 2.05) is 18.2 Å². The van der Waals surface area contributed by atoms with Gasteiger partial charge in [-0.2, -0.15) is 0 Å². The van der Waals surface area contributed by atoms with Gasteiger partial charge in [-0.1, -0.05) is 48.5 Å². The number of pyridine rings is 1. The van der Waals surface area contributed by atoms with Gasteiger partial charge in [0, 0.05) is 17.0 Å². The lowest BCUT2D eigenvalue weighted by atomic mass is 9.98. The largest absolute Gasteiger partial charge is 0.496 e. The van der Waals surface area contributed by atoms with Gasteiger partial charge in [0.05, 0.1) is 19.7 Å². The van der Waals surface area contributed by atoms with Crippen LogP contribution in [0.4, 0.5) is 0 Å². The highest BCUT2D eigenvalue weighted by Crippen LogP contribution is 2.35. The predicted octanol–water partition coefficient (Wildman–Crippen LogP) is 5.07. The van der Waals surface area contributed by atoms with Crippen molar-refractivity contribution in [2.75, 3.05) is 14.2 Å². The molecule has 0 unspecified atom stereocenters.